The van der Waals surface area contributed by atoms with Crippen LogP contribution in [0.4, 0.5) is 0 Å². The first-order valence-corrected chi connectivity index (χ1v) is 6.86. The van der Waals surface area contributed by atoms with Gasteiger partial charge in [-0.1, -0.05) is 6.07 Å². The van der Waals surface area contributed by atoms with Gasteiger partial charge in [-0.05, 0) is 29.8 Å². The number of methoxy groups -OCH3 is 4. The largest absolute Gasteiger partial charge is 0.496 e. The molecule has 2 aromatic rings. The summed E-state index contributed by atoms with van der Waals surface area (Å²) >= 11 is 0. The van der Waals surface area contributed by atoms with Crippen molar-refractivity contribution in [3.05, 3.63) is 35.9 Å². The lowest BCUT2D eigenvalue weighted by atomic mass is 10.00. The van der Waals surface area contributed by atoms with E-state index in [-0.39, 0.29) is 0 Å². The monoisotopic (exact) mass is 303 g/mol. The molecule has 2 rings (SSSR count). The molecule has 5 heteroatoms. The van der Waals surface area contributed by atoms with Crippen LogP contribution in [-0.2, 0) is 6.54 Å². The Bertz CT molecular complexity index is 655. The minimum Gasteiger partial charge on any atom is -0.496 e. The van der Waals surface area contributed by atoms with Crippen LogP contribution in [0.2, 0.25) is 0 Å². The molecule has 2 N–H and O–H groups in total. The summed E-state index contributed by atoms with van der Waals surface area (Å²) in [6, 6.07) is 9.58. The number of nitrogens with two attached hydrogens (primary N) is 1. The second-order valence-corrected chi connectivity index (χ2v) is 4.62. The highest BCUT2D eigenvalue weighted by molar-refractivity contribution is 5.80. The lowest BCUT2D eigenvalue weighted by Crippen LogP contribution is -2.00. The molecule has 0 spiro atoms. The summed E-state index contributed by atoms with van der Waals surface area (Å²) in [6.07, 6.45) is 0. The van der Waals surface area contributed by atoms with E-state index in [0.29, 0.717) is 23.8 Å². The standard InChI is InChI=1S/C17H21NO4/c1-19-14-7-5-11(10-18)9-13(14)12-6-8-15(20-2)17(22-4)16(12)21-3/h5-9H,10,18H2,1-4H3. The molecule has 0 aliphatic heterocycles. The van der Waals surface area contributed by atoms with Crippen molar-refractivity contribution >= 4 is 0 Å². The van der Waals surface area contributed by atoms with Gasteiger partial charge in [0.2, 0.25) is 5.75 Å². The summed E-state index contributed by atoms with van der Waals surface area (Å²) in [5, 5.41) is 0. The minimum atomic E-state index is 0.451. The first kappa shape index (κ1) is 16.0. The van der Waals surface area contributed by atoms with Crippen molar-refractivity contribution in [2.45, 2.75) is 6.54 Å². The molecular formula is C17H21NO4. The van der Waals surface area contributed by atoms with Gasteiger partial charge in [0.1, 0.15) is 5.75 Å². The SMILES string of the molecule is COc1ccc(CN)cc1-c1ccc(OC)c(OC)c1OC. The molecule has 0 aliphatic rings. The Hall–Kier alpha value is -2.40. The maximum absolute atomic E-state index is 5.74. The second kappa shape index (κ2) is 7.04. The van der Waals surface area contributed by atoms with E-state index in [9.17, 15) is 0 Å². The van der Waals surface area contributed by atoms with E-state index in [1.807, 2.05) is 30.3 Å². The summed E-state index contributed by atoms with van der Waals surface area (Å²) < 4.78 is 21.8. The van der Waals surface area contributed by atoms with Crippen LogP contribution in [0.25, 0.3) is 11.1 Å². The van der Waals surface area contributed by atoms with Crippen molar-refractivity contribution < 1.29 is 18.9 Å². The van der Waals surface area contributed by atoms with Gasteiger partial charge in [-0.25, -0.2) is 0 Å². The van der Waals surface area contributed by atoms with E-state index in [4.69, 9.17) is 24.7 Å². The van der Waals surface area contributed by atoms with Crippen LogP contribution in [0.1, 0.15) is 5.56 Å². The van der Waals surface area contributed by atoms with Gasteiger partial charge in [-0.2, -0.15) is 0 Å². The van der Waals surface area contributed by atoms with Crippen molar-refractivity contribution in [3.8, 4) is 34.1 Å². The highest BCUT2D eigenvalue weighted by Gasteiger charge is 2.19. The lowest BCUT2D eigenvalue weighted by molar-refractivity contribution is 0.325. The van der Waals surface area contributed by atoms with Crippen molar-refractivity contribution in [1.82, 2.24) is 0 Å². The summed E-state index contributed by atoms with van der Waals surface area (Å²) in [5.74, 6) is 2.48. The highest BCUT2D eigenvalue weighted by Crippen LogP contribution is 2.46. The first-order chi connectivity index (χ1) is 10.7. The average molecular weight is 303 g/mol. The molecule has 0 aliphatic carbocycles. The summed E-state index contributed by atoms with van der Waals surface area (Å²) in [5.41, 5.74) is 8.50. The molecule has 0 heterocycles. The molecule has 118 valence electrons. The van der Waals surface area contributed by atoms with Crippen LogP contribution in [0.15, 0.2) is 30.3 Å². The quantitative estimate of drug-likeness (QED) is 0.889. The second-order valence-electron chi connectivity index (χ2n) is 4.62. The number of rotatable bonds is 6. The molecule has 0 radical (unpaired) electrons. The lowest BCUT2D eigenvalue weighted by Gasteiger charge is -2.18. The van der Waals surface area contributed by atoms with Gasteiger partial charge < -0.3 is 24.7 Å². The fraction of sp³-hybridized carbons (Fsp3) is 0.294. The summed E-state index contributed by atoms with van der Waals surface area (Å²) in [7, 11) is 6.40. The van der Waals surface area contributed by atoms with E-state index in [2.05, 4.69) is 0 Å². The Morgan fingerprint density at radius 1 is 0.727 bits per heavy atom. The minimum absolute atomic E-state index is 0.451. The van der Waals surface area contributed by atoms with E-state index >= 15 is 0 Å². The molecule has 22 heavy (non-hydrogen) atoms. The van der Waals surface area contributed by atoms with E-state index in [1.54, 1.807) is 28.4 Å². The molecule has 0 amide bonds. The molecule has 0 aromatic heterocycles. The first-order valence-electron chi connectivity index (χ1n) is 6.86. The number of benzene rings is 2. The smallest absolute Gasteiger partial charge is 0.203 e. The van der Waals surface area contributed by atoms with Gasteiger partial charge in [0, 0.05) is 17.7 Å². The molecular weight excluding hydrogens is 282 g/mol. The van der Waals surface area contributed by atoms with Gasteiger partial charge in [0.05, 0.1) is 28.4 Å². The third-order valence-electron chi connectivity index (χ3n) is 3.49. The van der Waals surface area contributed by atoms with Gasteiger partial charge in [-0.3, -0.25) is 0 Å². The number of hydrogen-bond donors (Lipinski definition) is 1. The average Bonchev–Trinajstić information content (AvgIpc) is 2.59. The molecule has 2 aromatic carbocycles. The predicted octanol–water partition coefficient (Wildman–Crippen LogP) is 2.85. The van der Waals surface area contributed by atoms with Crippen LogP contribution >= 0.6 is 0 Å². The van der Waals surface area contributed by atoms with Crippen molar-refractivity contribution in [2.24, 2.45) is 5.73 Å². The van der Waals surface area contributed by atoms with Gasteiger partial charge >= 0.3 is 0 Å². The zero-order valence-electron chi connectivity index (χ0n) is 13.3. The third kappa shape index (κ3) is 2.80. The highest BCUT2D eigenvalue weighted by atomic mass is 16.5. The van der Waals surface area contributed by atoms with Crippen LogP contribution < -0.4 is 24.7 Å². The molecule has 0 saturated heterocycles. The Morgan fingerprint density at radius 2 is 1.36 bits per heavy atom. The summed E-state index contributed by atoms with van der Waals surface area (Å²) in [6.45, 7) is 0.451. The maximum atomic E-state index is 5.74. The normalized spacial score (nSPS) is 10.2. The van der Waals surface area contributed by atoms with Gasteiger partial charge in [-0.15, -0.1) is 0 Å². The van der Waals surface area contributed by atoms with Crippen LogP contribution in [-0.4, -0.2) is 28.4 Å². The molecule has 0 unspecified atom stereocenters. The molecule has 5 nitrogen and oxygen atoms in total. The molecule has 0 atom stereocenters. The fourth-order valence-electron chi connectivity index (χ4n) is 2.41. The zero-order valence-corrected chi connectivity index (χ0v) is 13.3. The van der Waals surface area contributed by atoms with Crippen LogP contribution in [0, 0.1) is 0 Å². The number of hydrogen-bond acceptors (Lipinski definition) is 5. The van der Waals surface area contributed by atoms with Crippen molar-refractivity contribution in [2.75, 3.05) is 28.4 Å². The van der Waals surface area contributed by atoms with Crippen molar-refractivity contribution in [3.63, 3.8) is 0 Å². The Labute approximate surface area is 130 Å². The van der Waals surface area contributed by atoms with E-state index < -0.39 is 0 Å². The number of ether oxygens (including phenoxy) is 4. The predicted molar refractivity (Wildman–Crippen MR) is 86.0 cm³/mol. The van der Waals surface area contributed by atoms with Crippen LogP contribution in [0.5, 0.6) is 23.0 Å². The Kier molecular flexibility index (Phi) is 5.12. The Morgan fingerprint density at radius 3 is 1.91 bits per heavy atom. The van der Waals surface area contributed by atoms with Gasteiger partial charge in [0.15, 0.2) is 11.5 Å². The Balaban J connectivity index is 2.71. The van der Waals surface area contributed by atoms with Crippen LogP contribution in [0.3, 0.4) is 0 Å². The van der Waals surface area contributed by atoms with E-state index in [1.165, 1.54) is 0 Å². The third-order valence-corrected chi connectivity index (χ3v) is 3.49. The molecule has 0 bridgehead atoms. The zero-order chi connectivity index (χ0) is 16.1. The van der Waals surface area contributed by atoms with Crippen molar-refractivity contribution in [1.29, 1.82) is 0 Å². The topological polar surface area (TPSA) is 62.9 Å². The maximum Gasteiger partial charge on any atom is 0.203 e. The fourth-order valence-corrected chi connectivity index (χ4v) is 2.41. The van der Waals surface area contributed by atoms with E-state index in [0.717, 1.165) is 22.4 Å². The van der Waals surface area contributed by atoms with Gasteiger partial charge in [0.25, 0.3) is 0 Å². The summed E-state index contributed by atoms with van der Waals surface area (Å²) in [4.78, 5) is 0. The molecule has 0 fully saturated rings. The molecule has 0 saturated carbocycles.